The summed E-state index contributed by atoms with van der Waals surface area (Å²) in [6.07, 6.45) is 6.91. The molecule has 1 spiro atoms. The van der Waals surface area contributed by atoms with Gasteiger partial charge in [0, 0.05) is 38.5 Å². The van der Waals surface area contributed by atoms with Crippen molar-refractivity contribution in [3.63, 3.8) is 0 Å². The molecule has 0 N–H and O–H groups in total. The van der Waals surface area contributed by atoms with E-state index < -0.39 is 0 Å². The number of nitrogens with zero attached hydrogens (tertiary/aromatic N) is 1. The largest absolute Gasteiger partial charge is 0.456 e. The lowest BCUT2D eigenvalue weighted by Crippen LogP contribution is -2.55. The maximum absolute atomic E-state index is 6.50. The zero-order chi connectivity index (χ0) is 41.6. The molecule has 4 saturated carbocycles. The second-order valence-corrected chi connectivity index (χ2v) is 20.0. The first-order chi connectivity index (χ1) is 31.0. The summed E-state index contributed by atoms with van der Waals surface area (Å²) in [6, 6.07) is 66.5. The maximum Gasteiger partial charge on any atom is 0.136 e. The zero-order valence-corrected chi connectivity index (χ0v) is 35.9. The van der Waals surface area contributed by atoms with Crippen LogP contribution in [0, 0.1) is 23.7 Å². The second-order valence-electron chi connectivity index (χ2n) is 20.0. The fraction of sp³-hybridized carbons (Fsp3) is 0.213. The molecule has 8 aromatic carbocycles. The lowest BCUT2D eigenvalue weighted by Gasteiger charge is -2.61. The summed E-state index contributed by atoms with van der Waals surface area (Å²) >= 11 is 0. The lowest BCUT2D eigenvalue weighted by atomic mass is 9.43. The van der Waals surface area contributed by atoms with Gasteiger partial charge in [0.15, 0.2) is 0 Å². The van der Waals surface area contributed by atoms with Crippen LogP contribution in [0.2, 0.25) is 0 Å². The minimum atomic E-state index is -0.126. The highest BCUT2D eigenvalue weighted by molar-refractivity contribution is 6.14. The van der Waals surface area contributed by atoms with Crippen molar-refractivity contribution in [1.29, 1.82) is 0 Å². The quantitative estimate of drug-likeness (QED) is 0.172. The van der Waals surface area contributed by atoms with Gasteiger partial charge in [0.1, 0.15) is 11.2 Å². The van der Waals surface area contributed by atoms with Crippen molar-refractivity contribution in [3.8, 4) is 44.5 Å². The van der Waals surface area contributed by atoms with Crippen molar-refractivity contribution < 1.29 is 4.42 Å². The number of rotatable bonds is 5. The van der Waals surface area contributed by atoms with Crippen LogP contribution in [0.4, 0.5) is 17.1 Å². The SMILES string of the molecule is CC1(C)c2ccccc2-c2cccc(-c3cccc(N(c4ccc5c(c4)C4(c6ccccc6-5)C5CC6CC(C5)CC4C6)c4ccccc4-c4cccc5oc6ccccc6c45)c3)c21. The summed E-state index contributed by atoms with van der Waals surface area (Å²) in [6.45, 7) is 4.80. The van der Waals surface area contributed by atoms with Gasteiger partial charge in [-0.05, 0) is 159 Å². The minimum Gasteiger partial charge on any atom is -0.456 e. The molecule has 0 atom stereocenters. The summed E-state index contributed by atoms with van der Waals surface area (Å²) in [7, 11) is 0. The number of benzene rings is 8. The molecule has 4 bridgehead atoms. The van der Waals surface area contributed by atoms with Crippen LogP contribution in [0.3, 0.4) is 0 Å². The molecule has 9 aromatic rings. The third kappa shape index (κ3) is 4.85. The van der Waals surface area contributed by atoms with Gasteiger partial charge in [-0.15, -0.1) is 0 Å². The highest BCUT2D eigenvalue weighted by atomic mass is 16.3. The monoisotopic (exact) mass is 811 g/mol. The predicted molar refractivity (Wildman–Crippen MR) is 260 cm³/mol. The molecular formula is C61H49NO. The third-order valence-electron chi connectivity index (χ3n) is 16.6. The Labute approximate surface area is 369 Å². The molecule has 1 aromatic heterocycles. The van der Waals surface area contributed by atoms with Gasteiger partial charge in [0.05, 0.1) is 5.69 Å². The first kappa shape index (κ1) is 35.9. The molecule has 0 aliphatic heterocycles. The van der Waals surface area contributed by atoms with E-state index in [0.29, 0.717) is 11.8 Å². The molecule has 4 fully saturated rings. The van der Waals surface area contributed by atoms with Gasteiger partial charge in [-0.25, -0.2) is 0 Å². The molecule has 2 nitrogen and oxygen atoms in total. The molecule has 6 aliphatic carbocycles. The van der Waals surface area contributed by atoms with E-state index in [1.165, 1.54) is 93.4 Å². The van der Waals surface area contributed by atoms with Crippen LogP contribution >= 0.6 is 0 Å². The molecule has 0 unspecified atom stereocenters. The average molecular weight is 812 g/mol. The Bertz CT molecular complexity index is 3330. The van der Waals surface area contributed by atoms with Gasteiger partial charge in [-0.1, -0.05) is 147 Å². The van der Waals surface area contributed by atoms with Gasteiger partial charge in [-0.3, -0.25) is 0 Å². The highest BCUT2D eigenvalue weighted by Gasteiger charge is 2.61. The molecule has 0 amide bonds. The molecular weight excluding hydrogens is 763 g/mol. The van der Waals surface area contributed by atoms with E-state index >= 15 is 0 Å². The standard InChI is InChI=1S/C61H49NO/c1-60(2)52-23-7-3-17-46(52)50-22-12-20-44(59(50)60)39-14-11-15-42(35-39)62(55-25-9-5-18-48(55)49-21-13-27-57-58(49)51-19-6-10-26-56(51)63-57)43-28-29-47-45-16-4-8-24-53(45)61(54(47)36-43)40-31-37-30-38(33-40)34-41(61)32-37/h3-29,35-38,40-41H,30-34H2,1-2H3. The maximum atomic E-state index is 6.50. The van der Waals surface area contributed by atoms with Crippen LogP contribution in [0.1, 0.15) is 68.2 Å². The summed E-state index contributed by atoms with van der Waals surface area (Å²) < 4.78 is 6.50. The third-order valence-corrected chi connectivity index (χ3v) is 16.6. The highest BCUT2D eigenvalue weighted by Crippen LogP contribution is 2.70. The molecule has 0 radical (unpaired) electrons. The Morgan fingerprint density at radius 2 is 1.03 bits per heavy atom. The van der Waals surface area contributed by atoms with E-state index in [0.717, 1.165) is 45.1 Å². The van der Waals surface area contributed by atoms with Crippen molar-refractivity contribution in [2.75, 3.05) is 4.90 Å². The van der Waals surface area contributed by atoms with Gasteiger partial charge >= 0.3 is 0 Å². The van der Waals surface area contributed by atoms with E-state index in [1.54, 1.807) is 11.1 Å². The van der Waals surface area contributed by atoms with E-state index in [2.05, 4.69) is 195 Å². The average Bonchev–Trinajstić information content (AvgIpc) is 3.92. The Balaban J connectivity index is 1.01. The summed E-state index contributed by atoms with van der Waals surface area (Å²) in [5, 5.41) is 2.31. The molecule has 2 heteroatoms. The number of hydrogen-bond acceptors (Lipinski definition) is 2. The van der Waals surface area contributed by atoms with Crippen molar-refractivity contribution in [3.05, 3.63) is 198 Å². The topological polar surface area (TPSA) is 16.4 Å². The van der Waals surface area contributed by atoms with Gasteiger partial charge in [0.25, 0.3) is 0 Å². The van der Waals surface area contributed by atoms with Crippen molar-refractivity contribution >= 4 is 39.0 Å². The van der Waals surface area contributed by atoms with Crippen LogP contribution in [0.15, 0.2) is 180 Å². The number of hydrogen-bond donors (Lipinski definition) is 0. The van der Waals surface area contributed by atoms with Gasteiger partial charge in [-0.2, -0.15) is 0 Å². The Hall–Kier alpha value is -6.64. The van der Waals surface area contributed by atoms with E-state index in [-0.39, 0.29) is 10.8 Å². The number of para-hydroxylation sites is 2. The Morgan fingerprint density at radius 1 is 0.444 bits per heavy atom. The van der Waals surface area contributed by atoms with Crippen molar-refractivity contribution in [2.45, 2.75) is 56.8 Å². The predicted octanol–water partition coefficient (Wildman–Crippen LogP) is 16.4. The van der Waals surface area contributed by atoms with Crippen LogP contribution < -0.4 is 4.90 Å². The van der Waals surface area contributed by atoms with E-state index in [9.17, 15) is 0 Å². The first-order valence-corrected chi connectivity index (χ1v) is 23.3. The summed E-state index contributed by atoms with van der Waals surface area (Å²) in [4.78, 5) is 2.58. The minimum absolute atomic E-state index is 0.0644. The first-order valence-electron chi connectivity index (χ1n) is 23.3. The number of fused-ring (bicyclic) bond motifs is 9. The Kier molecular flexibility index (Phi) is 7.38. The fourth-order valence-electron chi connectivity index (χ4n) is 14.5. The lowest BCUT2D eigenvalue weighted by molar-refractivity contribution is -0.0399. The van der Waals surface area contributed by atoms with Crippen molar-refractivity contribution in [2.24, 2.45) is 23.7 Å². The normalized spacial score (nSPS) is 23.0. The van der Waals surface area contributed by atoms with Gasteiger partial charge < -0.3 is 9.32 Å². The van der Waals surface area contributed by atoms with Crippen molar-refractivity contribution in [1.82, 2.24) is 0 Å². The van der Waals surface area contributed by atoms with Crippen LogP contribution in [-0.2, 0) is 10.8 Å². The summed E-state index contributed by atoms with van der Waals surface area (Å²) in [5.41, 5.74) is 21.8. The zero-order valence-electron chi connectivity index (χ0n) is 35.9. The van der Waals surface area contributed by atoms with Crippen LogP contribution in [-0.4, -0.2) is 0 Å². The fourth-order valence-corrected chi connectivity index (χ4v) is 14.5. The van der Waals surface area contributed by atoms with E-state index in [1.807, 2.05) is 0 Å². The van der Waals surface area contributed by atoms with Gasteiger partial charge in [0.2, 0.25) is 0 Å². The van der Waals surface area contributed by atoms with Crippen LogP contribution in [0.25, 0.3) is 66.4 Å². The Morgan fingerprint density at radius 3 is 1.86 bits per heavy atom. The molecule has 1 heterocycles. The molecule has 0 saturated heterocycles. The second kappa shape index (κ2) is 13.0. The smallest absolute Gasteiger partial charge is 0.136 e. The number of furan rings is 1. The number of anilines is 3. The summed E-state index contributed by atoms with van der Waals surface area (Å²) in [5.74, 6) is 3.16. The van der Waals surface area contributed by atoms with E-state index in [4.69, 9.17) is 4.42 Å². The molecule has 6 aliphatic rings. The van der Waals surface area contributed by atoms with Crippen LogP contribution in [0.5, 0.6) is 0 Å². The molecule has 304 valence electrons. The molecule has 63 heavy (non-hydrogen) atoms. The molecule has 15 rings (SSSR count).